The number of fused-ring (bicyclic) bond motifs is 2. The summed E-state index contributed by atoms with van der Waals surface area (Å²) in [5.41, 5.74) is 7.34. The Labute approximate surface area is 287 Å². The molecule has 2 amide bonds. The topological polar surface area (TPSA) is 160 Å². The second-order valence-electron chi connectivity index (χ2n) is 11.9. The number of nitrogens with one attached hydrogen (secondary N) is 2. The molecule has 5 aromatic carbocycles. The molecule has 50 heavy (non-hydrogen) atoms. The summed E-state index contributed by atoms with van der Waals surface area (Å²) in [6, 6.07) is 28.5. The van der Waals surface area contributed by atoms with Crippen LogP contribution < -0.4 is 10.6 Å². The quantitative estimate of drug-likeness (QED) is 0.148. The highest BCUT2D eigenvalue weighted by molar-refractivity contribution is 5.97. The summed E-state index contributed by atoms with van der Waals surface area (Å²) in [5, 5.41) is 46.0. The molecule has 0 atom stereocenters. The molecule has 0 saturated heterocycles. The van der Waals surface area contributed by atoms with Crippen LogP contribution in [0.15, 0.2) is 97.1 Å². The zero-order valence-corrected chi connectivity index (χ0v) is 27.5. The van der Waals surface area contributed by atoms with Crippen LogP contribution in [0.2, 0.25) is 0 Å². The van der Waals surface area contributed by atoms with E-state index in [0.717, 1.165) is 11.1 Å². The number of hydrogen-bond acceptors (Lipinski definition) is 8. The summed E-state index contributed by atoms with van der Waals surface area (Å²) in [6.07, 6.45) is 1.42. The van der Waals surface area contributed by atoms with Crippen LogP contribution in [0, 0.1) is 0 Å². The molecule has 2 aromatic heterocycles. The molecule has 250 valence electrons. The number of phenolic OH excluding ortho intramolecular Hbond substituents is 2. The monoisotopic (exact) mass is 666 g/mol. The maximum absolute atomic E-state index is 13.1. The Balaban J connectivity index is 1.02. The van der Waals surface area contributed by atoms with Crippen molar-refractivity contribution < 1.29 is 19.8 Å². The predicted octanol–water partition coefficient (Wildman–Crippen LogP) is 5.55. The van der Waals surface area contributed by atoms with Crippen molar-refractivity contribution in [3.05, 3.63) is 130 Å². The van der Waals surface area contributed by atoms with Crippen molar-refractivity contribution in [2.75, 3.05) is 0 Å². The average molecular weight is 667 g/mol. The zero-order chi connectivity index (χ0) is 34.8. The molecule has 0 fully saturated rings. The third-order valence-corrected chi connectivity index (χ3v) is 8.57. The highest BCUT2D eigenvalue weighted by atomic mass is 16.3. The molecular weight excluding hydrogens is 632 g/mol. The van der Waals surface area contributed by atoms with Gasteiger partial charge in [0.05, 0.1) is 0 Å². The SMILES string of the molecule is CCc1cc(CNC(=O)c2ccc(C(=O)NCc3cc(CC)cc(-n4nc5ccccc5n4)c3O)cc2)c(O)c(-n2nc3ccccc3n2)c1. The number of aromatic nitrogens is 6. The van der Waals surface area contributed by atoms with E-state index in [-0.39, 0.29) is 36.4 Å². The molecule has 0 aliphatic carbocycles. The second-order valence-corrected chi connectivity index (χ2v) is 11.9. The van der Waals surface area contributed by atoms with Crippen LogP contribution in [0.25, 0.3) is 33.4 Å². The average Bonchev–Trinajstić information content (AvgIpc) is 3.78. The van der Waals surface area contributed by atoms with Crippen LogP contribution >= 0.6 is 0 Å². The second kappa shape index (κ2) is 13.5. The molecule has 7 rings (SSSR count). The van der Waals surface area contributed by atoms with E-state index in [1.54, 1.807) is 24.3 Å². The van der Waals surface area contributed by atoms with Crippen molar-refractivity contribution in [1.82, 2.24) is 40.6 Å². The lowest BCUT2D eigenvalue weighted by Gasteiger charge is -2.13. The maximum Gasteiger partial charge on any atom is 0.251 e. The minimum atomic E-state index is -0.364. The standard InChI is InChI=1S/C38H34N8O4/c1-3-23-17-27(35(47)33(19-23)45-41-29-9-5-6-10-30(29)42-45)21-39-37(49)25-13-15-26(16-14-25)38(50)40-22-28-18-24(4-2)20-34(36(28)48)46-43-31-11-7-8-12-32(31)44-46/h5-20,47-48H,3-4,21-22H2,1-2H3,(H,39,49)(H,40,50). The smallest absolute Gasteiger partial charge is 0.251 e. The van der Waals surface area contributed by atoms with Gasteiger partial charge in [-0.2, -0.15) is 0 Å². The molecule has 0 spiro atoms. The number of amides is 2. The van der Waals surface area contributed by atoms with Crippen LogP contribution in [0.3, 0.4) is 0 Å². The van der Waals surface area contributed by atoms with Crippen molar-refractivity contribution in [3.8, 4) is 22.9 Å². The molecule has 0 aliphatic rings. The van der Waals surface area contributed by atoms with Gasteiger partial charge in [-0.15, -0.1) is 30.0 Å². The Morgan fingerprint density at radius 1 is 0.560 bits per heavy atom. The fraction of sp³-hybridized carbons (Fsp3) is 0.158. The molecule has 0 saturated carbocycles. The highest BCUT2D eigenvalue weighted by Gasteiger charge is 2.18. The molecule has 0 unspecified atom stereocenters. The Kier molecular flexibility index (Phi) is 8.65. The fourth-order valence-electron chi connectivity index (χ4n) is 5.73. The van der Waals surface area contributed by atoms with Gasteiger partial charge in [0.25, 0.3) is 11.8 Å². The number of carbonyl (C=O) groups is 2. The first-order valence-corrected chi connectivity index (χ1v) is 16.3. The Bertz CT molecular complexity index is 2150. The zero-order valence-electron chi connectivity index (χ0n) is 27.5. The van der Waals surface area contributed by atoms with E-state index in [4.69, 9.17) is 0 Å². The molecule has 2 heterocycles. The lowest BCUT2D eigenvalue weighted by Crippen LogP contribution is -2.24. The third-order valence-electron chi connectivity index (χ3n) is 8.57. The third kappa shape index (κ3) is 6.33. The molecule has 0 radical (unpaired) electrons. The van der Waals surface area contributed by atoms with Gasteiger partial charge in [-0.25, -0.2) is 0 Å². The molecule has 4 N–H and O–H groups in total. The number of phenols is 2. The maximum atomic E-state index is 13.1. The number of rotatable bonds is 10. The lowest BCUT2D eigenvalue weighted by atomic mass is 10.0. The Morgan fingerprint density at radius 2 is 0.900 bits per heavy atom. The largest absolute Gasteiger partial charge is 0.505 e. The Morgan fingerprint density at radius 3 is 1.22 bits per heavy atom. The van der Waals surface area contributed by atoms with Crippen molar-refractivity contribution in [2.45, 2.75) is 39.8 Å². The predicted molar refractivity (Wildman–Crippen MR) is 189 cm³/mol. The molecule has 0 bridgehead atoms. The van der Waals surface area contributed by atoms with E-state index < -0.39 is 0 Å². The van der Waals surface area contributed by atoms with Gasteiger partial charge in [-0.3, -0.25) is 9.59 Å². The van der Waals surface area contributed by atoms with Gasteiger partial charge >= 0.3 is 0 Å². The summed E-state index contributed by atoms with van der Waals surface area (Å²) in [6.45, 7) is 4.15. The van der Waals surface area contributed by atoms with Gasteiger partial charge in [-0.05, 0) is 84.6 Å². The van der Waals surface area contributed by atoms with E-state index in [9.17, 15) is 19.8 Å². The van der Waals surface area contributed by atoms with Crippen LogP contribution in [0.1, 0.15) is 56.8 Å². The van der Waals surface area contributed by atoms with Gasteiger partial charge in [0.2, 0.25) is 0 Å². The minimum absolute atomic E-state index is 0.0215. The van der Waals surface area contributed by atoms with Gasteiger partial charge in [0, 0.05) is 35.3 Å². The van der Waals surface area contributed by atoms with Crippen LogP contribution in [0.4, 0.5) is 0 Å². The van der Waals surface area contributed by atoms with Crippen molar-refractivity contribution in [2.24, 2.45) is 0 Å². The number of aryl methyl sites for hydroxylation is 2. The van der Waals surface area contributed by atoms with E-state index in [2.05, 4.69) is 31.0 Å². The highest BCUT2D eigenvalue weighted by Crippen LogP contribution is 2.30. The van der Waals surface area contributed by atoms with Gasteiger partial charge in [0.15, 0.2) is 0 Å². The number of aromatic hydroxyl groups is 2. The van der Waals surface area contributed by atoms with Crippen LogP contribution in [0.5, 0.6) is 11.5 Å². The number of hydrogen-bond donors (Lipinski definition) is 4. The minimum Gasteiger partial charge on any atom is -0.505 e. The van der Waals surface area contributed by atoms with Crippen LogP contribution in [-0.2, 0) is 25.9 Å². The molecule has 12 nitrogen and oxygen atoms in total. The van der Waals surface area contributed by atoms with Crippen molar-refractivity contribution >= 4 is 33.9 Å². The fourth-order valence-corrected chi connectivity index (χ4v) is 5.73. The number of carbonyl (C=O) groups excluding carboxylic acids is 2. The summed E-state index contributed by atoms with van der Waals surface area (Å²) in [4.78, 5) is 29.0. The van der Waals surface area contributed by atoms with E-state index in [1.165, 1.54) is 9.59 Å². The molecular formula is C38H34N8O4. The molecule has 7 aromatic rings. The summed E-state index contributed by atoms with van der Waals surface area (Å²) in [5.74, 6) is -0.772. The molecule has 0 aliphatic heterocycles. The van der Waals surface area contributed by atoms with Crippen molar-refractivity contribution in [1.29, 1.82) is 0 Å². The lowest BCUT2D eigenvalue weighted by molar-refractivity contribution is 0.0939. The first-order valence-electron chi connectivity index (χ1n) is 16.3. The van der Waals surface area contributed by atoms with Crippen molar-refractivity contribution in [3.63, 3.8) is 0 Å². The van der Waals surface area contributed by atoms with E-state index in [0.29, 0.717) is 68.5 Å². The van der Waals surface area contributed by atoms with Gasteiger partial charge in [-0.1, -0.05) is 50.2 Å². The summed E-state index contributed by atoms with van der Waals surface area (Å²) < 4.78 is 0. The molecule has 12 heteroatoms. The first kappa shape index (κ1) is 32.0. The van der Waals surface area contributed by atoms with Crippen LogP contribution in [-0.4, -0.2) is 52.0 Å². The van der Waals surface area contributed by atoms with E-state index in [1.807, 2.05) is 86.6 Å². The van der Waals surface area contributed by atoms with Gasteiger partial charge in [0.1, 0.15) is 44.9 Å². The number of nitrogens with zero attached hydrogens (tertiary/aromatic N) is 6. The van der Waals surface area contributed by atoms with Gasteiger partial charge < -0.3 is 20.8 Å². The first-order chi connectivity index (χ1) is 24.3. The van der Waals surface area contributed by atoms with E-state index >= 15 is 0 Å². The summed E-state index contributed by atoms with van der Waals surface area (Å²) >= 11 is 0. The normalized spacial score (nSPS) is 11.2. The number of benzene rings is 5. The Hall–Kier alpha value is -6.56. The summed E-state index contributed by atoms with van der Waals surface area (Å²) in [7, 11) is 0.